The number of benzene rings is 1. The maximum absolute atomic E-state index is 12.3. The van der Waals surface area contributed by atoms with E-state index in [0.29, 0.717) is 5.92 Å². The van der Waals surface area contributed by atoms with Gasteiger partial charge in [0.05, 0.1) is 5.56 Å². The minimum Gasteiger partial charge on any atom is -0.324 e. The first-order valence-corrected chi connectivity index (χ1v) is 5.23. The Kier molecular flexibility index (Phi) is 5.99. The lowest BCUT2D eigenvalue weighted by Crippen LogP contribution is -2.13. The standard InChI is InChI=1S/C12H16F3N.ClH/c1-8(2)7-11(16)9-3-5-10(6-4-9)12(13,14)15;/h3-6,8,11H,7,16H2,1-2H3;1H/t11-;/m1./s1. The molecule has 0 amide bonds. The van der Waals surface area contributed by atoms with E-state index >= 15 is 0 Å². The van der Waals surface area contributed by atoms with Crippen LogP contribution in [0, 0.1) is 5.92 Å². The fourth-order valence-corrected chi connectivity index (χ4v) is 1.56. The molecule has 0 radical (unpaired) electrons. The van der Waals surface area contributed by atoms with Gasteiger partial charge in [-0.05, 0) is 30.0 Å². The summed E-state index contributed by atoms with van der Waals surface area (Å²) in [5, 5.41) is 0. The second-order valence-corrected chi connectivity index (χ2v) is 4.36. The molecule has 17 heavy (non-hydrogen) atoms. The number of nitrogens with two attached hydrogens (primary N) is 1. The molecule has 0 aliphatic carbocycles. The fraction of sp³-hybridized carbons (Fsp3) is 0.500. The summed E-state index contributed by atoms with van der Waals surface area (Å²) in [5.41, 5.74) is 5.99. The molecule has 1 atom stereocenters. The lowest BCUT2D eigenvalue weighted by atomic mass is 9.97. The van der Waals surface area contributed by atoms with Crippen LogP contribution in [0.25, 0.3) is 0 Å². The molecule has 0 bridgehead atoms. The van der Waals surface area contributed by atoms with Crippen LogP contribution in [0.5, 0.6) is 0 Å². The molecule has 5 heteroatoms. The Balaban J connectivity index is 0.00000256. The Labute approximate surface area is 106 Å². The molecule has 0 saturated heterocycles. The first kappa shape index (κ1) is 16.3. The van der Waals surface area contributed by atoms with Crippen LogP contribution in [0.2, 0.25) is 0 Å². The maximum atomic E-state index is 12.3. The van der Waals surface area contributed by atoms with Gasteiger partial charge >= 0.3 is 6.18 Å². The molecule has 2 N–H and O–H groups in total. The van der Waals surface area contributed by atoms with Gasteiger partial charge in [-0.15, -0.1) is 12.4 Å². The van der Waals surface area contributed by atoms with Gasteiger partial charge in [-0.1, -0.05) is 26.0 Å². The Morgan fingerprint density at radius 1 is 1.12 bits per heavy atom. The van der Waals surface area contributed by atoms with Crippen LogP contribution in [0.4, 0.5) is 13.2 Å². The molecule has 0 aliphatic rings. The summed E-state index contributed by atoms with van der Waals surface area (Å²) in [6, 6.07) is 4.87. The van der Waals surface area contributed by atoms with E-state index in [1.807, 2.05) is 13.8 Å². The quantitative estimate of drug-likeness (QED) is 0.874. The highest BCUT2D eigenvalue weighted by molar-refractivity contribution is 5.85. The zero-order valence-electron chi connectivity index (χ0n) is 9.79. The summed E-state index contributed by atoms with van der Waals surface area (Å²) >= 11 is 0. The molecular formula is C12H17ClF3N. The molecule has 0 unspecified atom stereocenters. The predicted octanol–water partition coefficient (Wildman–Crippen LogP) is 4.17. The van der Waals surface area contributed by atoms with Crippen molar-refractivity contribution in [3.63, 3.8) is 0 Å². The van der Waals surface area contributed by atoms with E-state index in [1.165, 1.54) is 12.1 Å². The van der Waals surface area contributed by atoms with Crippen molar-refractivity contribution in [2.75, 3.05) is 0 Å². The van der Waals surface area contributed by atoms with E-state index in [0.717, 1.165) is 24.1 Å². The van der Waals surface area contributed by atoms with E-state index in [9.17, 15) is 13.2 Å². The van der Waals surface area contributed by atoms with Crippen LogP contribution in [0.15, 0.2) is 24.3 Å². The highest BCUT2D eigenvalue weighted by Gasteiger charge is 2.30. The lowest BCUT2D eigenvalue weighted by Gasteiger charge is -2.15. The lowest BCUT2D eigenvalue weighted by molar-refractivity contribution is -0.137. The Hall–Kier alpha value is -0.740. The highest BCUT2D eigenvalue weighted by atomic mass is 35.5. The topological polar surface area (TPSA) is 26.0 Å². The van der Waals surface area contributed by atoms with Gasteiger partial charge in [-0.3, -0.25) is 0 Å². The minimum atomic E-state index is -4.28. The van der Waals surface area contributed by atoms with Gasteiger partial charge in [0.2, 0.25) is 0 Å². The van der Waals surface area contributed by atoms with Crippen molar-refractivity contribution in [2.24, 2.45) is 11.7 Å². The minimum absolute atomic E-state index is 0. The number of hydrogen-bond donors (Lipinski definition) is 1. The van der Waals surface area contributed by atoms with Crippen molar-refractivity contribution in [3.05, 3.63) is 35.4 Å². The zero-order chi connectivity index (χ0) is 12.3. The van der Waals surface area contributed by atoms with E-state index in [2.05, 4.69) is 0 Å². The normalized spacial score (nSPS) is 13.4. The molecule has 1 aromatic carbocycles. The second-order valence-electron chi connectivity index (χ2n) is 4.36. The Morgan fingerprint density at radius 2 is 1.59 bits per heavy atom. The van der Waals surface area contributed by atoms with Crippen molar-refractivity contribution in [2.45, 2.75) is 32.5 Å². The maximum Gasteiger partial charge on any atom is 0.416 e. The van der Waals surface area contributed by atoms with Gasteiger partial charge in [0.1, 0.15) is 0 Å². The van der Waals surface area contributed by atoms with Gasteiger partial charge in [-0.25, -0.2) is 0 Å². The molecule has 0 saturated carbocycles. The molecule has 0 aliphatic heterocycles. The third kappa shape index (κ3) is 4.96. The molecule has 98 valence electrons. The monoisotopic (exact) mass is 267 g/mol. The first-order valence-electron chi connectivity index (χ1n) is 5.23. The van der Waals surface area contributed by atoms with Crippen molar-refractivity contribution in [1.29, 1.82) is 0 Å². The second kappa shape index (κ2) is 6.26. The fourth-order valence-electron chi connectivity index (χ4n) is 1.56. The average molecular weight is 268 g/mol. The van der Waals surface area contributed by atoms with E-state index in [-0.39, 0.29) is 18.4 Å². The molecule has 0 fully saturated rings. The van der Waals surface area contributed by atoms with E-state index in [1.54, 1.807) is 0 Å². The third-order valence-electron chi connectivity index (χ3n) is 2.39. The molecular weight excluding hydrogens is 251 g/mol. The third-order valence-corrected chi connectivity index (χ3v) is 2.39. The summed E-state index contributed by atoms with van der Waals surface area (Å²) in [4.78, 5) is 0. The van der Waals surface area contributed by atoms with Crippen LogP contribution in [0.3, 0.4) is 0 Å². The van der Waals surface area contributed by atoms with Crippen LogP contribution in [-0.2, 0) is 6.18 Å². The van der Waals surface area contributed by atoms with Crippen molar-refractivity contribution in [3.8, 4) is 0 Å². The van der Waals surface area contributed by atoms with Crippen LogP contribution in [-0.4, -0.2) is 0 Å². The number of hydrogen-bond acceptors (Lipinski definition) is 1. The number of rotatable bonds is 3. The predicted molar refractivity (Wildman–Crippen MR) is 65.1 cm³/mol. The van der Waals surface area contributed by atoms with Crippen molar-refractivity contribution >= 4 is 12.4 Å². The van der Waals surface area contributed by atoms with Gasteiger partial charge in [-0.2, -0.15) is 13.2 Å². The van der Waals surface area contributed by atoms with E-state index in [4.69, 9.17) is 5.73 Å². The highest BCUT2D eigenvalue weighted by Crippen LogP contribution is 2.30. The van der Waals surface area contributed by atoms with Gasteiger partial charge < -0.3 is 5.73 Å². The Morgan fingerprint density at radius 3 is 1.94 bits per heavy atom. The molecule has 0 aromatic heterocycles. The van der Waals surface area contributed by atoms with Crippen LogP contribution >= 0.6 is 12.4 Å². The van der Waals surface area contributed by atoms with E-state index < -0.39 is 11.7 Å². The summed E-state index contributed by atoms with van der Waals surface area (Å²) in [5.74, 6) is 0.428. The zero-order valence-corrected chi connectivity index (χ0v) is 10.6. The Bertz CT molecular complexity index is 333. The molecule has 1 rings (SSSR count). The number of halogens is 4. The summed E-state index contributed by atoms with van der Waals surface area (Å²) in [7, 11) is 0. The molecule has 1 aromatic rings. The molecule has 1 nitrogen and oxygen atoms in total. The van der Waals surface area contributed by atoms with Gasteiger partial charge in [0.15, 0.2) is 0 Å². The SMILES string of the molecule is CC(C)C[C@@H](N)c1ccc(C(F)(F)F)cc1.Cl. The van der Waals surface area contributed by atoms with Crippen molar-refractivity contribution in [1.82, 2.24) is 0 Å². The summed E-state index contributed by atoms with van der Waals surface area (Å²) in [6.45, 7) is 4.06. The molecule has 0 heterocycles. The summed E-state index contributed by atoms with van der Waals surface area (Å²) < 4.78 is 36.9. The first-order chi connectivity index (χ1) is 7.30. The van der Waals surface area contributed by atoms with Gasteiger partial charge in [0.25, 0.3) is 0 Å². The largest absolute Gasteiger partial charge is 0.416 e. The van der Waals surface area contributed by atoms with Crippen LogP contribution < -0.4 is 5.73 Å². The smallest absolute Gasteiger partial charge is 0.324 e. The van der Waals surface area contributed by atoms with Crippen molar-refractivity contribution < 1.29 is 13.2 Å². The number of alkyl halides is 3. The van der Waals surface area contributed by atoms with Gasteiger partial charge in [0, 0.05) is 6.04 Å². The average Bonchev–Trinajstić information content (AvgIpc) is 2.15. The molecule has 0 spiro atoms. The summed E-state index contributed by atoms with van der Waals surface area (Å²) in [6.07, 6.45) is -3.51. The van der Waals surface area contributed by atoms with Crippen LogP contribution in [0.1, 0.15) is 37.4 Å².